The predicted octanol–water partition coefficient (Wildman–Crippen LogP) is 2.71. The molecule has 1 aliphatic rings. The van der Waals surface area contributed by atoms with E-state index in [0.29, 0.717) is 30.8 Å². The van der Waals surface area contributed by atoms with Crippen molar-refractivity contribution in [2.45, 2.75) is 17.7 Å². The molecule has 0 bridgehead atoms. The van der Waals surface area contributed by atoms with Gasteiger partial charge in [-0.3, -0.25) is 9.52 Å². The number of carbonyl (C=O) groups excluding carboxylic acids is 1. The lowest BCUT2D eigenvalue weighted by Crippen LogP contribution is -2.47. The highest BCUT2D eigenvalue weighted by molar-refractivity contribution is 9.10. The molecule has 32 heavy (non-hydrogen) atoms. The molecular weight excluding hydrogens is 520 g/mol. The molecule has 12 heteroatoms. The van der Waals surface area contributed by atoms with Crippen molar-refractivity contribution in [3.8, 4) is 0 Å². The van der Waals surface area contributed by atoms with E-state index in [0.717, 1.165) is 8.78 Å². The van der Waals surface area contributed by atoms with E-state index in [9.17, 15) is 21.6 Å². The number of piperidine rings is 1. The lowest BCUT2D eigenvalue weighted by atomic mass is 9.99. The summed E-state index contributed by atoms with van der Waals surface area (Å²) in [6, 6.07) is 12.6. The molecule has 0 saturated carbocycles. The lowest BCUT2D eigenvalue weighted by Gasteiger charge is -2.32. The topological polar surface area (TPSA) is 116 Å². The Balaban J connectivity index is 1.65. The molecule has 1 heterocycles. The Labute approximate surface area is 197 Å². The molecule has 1 atom stereocenters. The molecule has 3 rings (SSSR count). The maximum Gasteiger partial charge on any atom is 0.281 e. The Hall–Kier alpha value is -1.99. The minimum absolute atomic E-state index is 0.0549. The van der Waals surface area contributed by atoms with E-state index >= 15 is 0 Å². The maximum atomic E-state index is 12.7. The number of anilines is 2. The van der Waals surface area contributed by atoms with Crippen LogP contribution < -0.4 is 10.0 Å². The van der Waals surface area contributed by atoms with Gasteiger partial charge in [-0.1, -0.05) is 15.9 Å². The molecule has 0 radical (unpaired) electrons. The third kappa shape index (κ3) is 5.87. The fourth-order valence-electron chi connectivity index (χ4n) is 3.29. The highest BCUT2D eigenvalue weighted by Gasteiger charge is 2.33. The number of amides is 1. The monoisotopic (exact) mass is 544 g/mol. The van der Waals surface area contributed by atoms with Crippen LogP contribution in [0.4, 0.5) is 11.4 Å². The Bertz CT molecular complexity index is 1170. The highest BCUT2D eigenvalue weighted by atomic mass is 79.9. The van der Waals surface area contributed by atoms with Gasteiger partial charge in [-0.2, -0.15) is 17.0 Å². The molecule has 1 amide bonds. The largest absolute Gasteiger partial charge is 0.326 e. The van der Waals surface area contributed by atoms with Crippen LogP contribution in [0.1, 0.15) is 12.8 Å². The van der Waals surface area contributed by atoms with Gasteiger partial charge in [-0.25, -0.2) is 8.42 Å². The Morgan fingerprint density at radius 2 is 1.59 bits per heavy atom. The van der Waals surface area contributed by atoms with E-state index in [-0.39, 0.29) is 17.3 Å². The summed E-state index contributed by atoms with van der Waals surface area (Å²) in [6.45, 7) is 0.484. The van der Waals surface area contributed by atoms with Crippen molar-refractivity contribution in [3.63, 3.8) is 0 Å². The van der Waals surface area contributed by atoms with Crippen LogP contribution in [0, 0.1) is 5.92 Å². The molecule has 1 saturated heterocycles. The number of benzene rings is 2. The van der Waals surface area contributed by atoms with Gasteiger partial charge >= 0.3 is 0 Å². The van der Waals surface area contributed by atoms with Crippen LogP contribution in [-0.4, -0.2) is 58.5 Å². The lowest BCUT2D eigenvalue weighted by molar-refractivity contribution is -0.120. The standard InChI is InChI=1S/C20H25BrN4O5S2/c1-24(2)32(29,30)25-13-3-4-15(14-25)20(26)22-17-9-11-19(12-10-17)31(27,28)23-18-7-5-16(21)6-8-18/h5-12,15,23H,3-4,13-14H2,1-2H3,(H,22,26)/t15-/m0/s1. The van der Waals surface area contributed by atoms with Gasteiger partial charge in [0.1, 0.15) is 0 Å². The fourth-order valence-corrected chi connectivity index (χ4v) is 5.80. The third-order valence-electron chi connectivity index (χ3n) is 5.07. The summed E-state index contributed by atoms with van der Waals surface area (Å²) < 4.78 is 55.6. The number of hydrogen-bond donors (Lipinski definition) is 2. The van der Waals surface area contributed by atoms with Gasteiger partial charge in [0.2, 0.25) is 5.91 Å². The van der Waals surface area contributed by atoms with Crippen LogP contribution in [0.25, 0.3) is 0 Å². The van der Waals surface area contributed by atoms with Crippen LogP contribution in [-0.2, 0) is 25.0 Å². The number of sulfonamides is 1. The van der Waals surface area contributed by atoms with Crippen molar-refractivity contribution in [1.29, 1.82) is 0 Å². The minimum atomic E-state index is -3.78. The summed E-state index contributed by atoms with van der Waals surface area (Å²) in [5.41, 5.74) is 0.866. The summed E-state index contributed by atoms with van der Waals surface area (Å²) in [4.78, 5) is 12.7. The minimum Gasteiger partial charge on any atom is -0.326 e. The first-order valence-corrected chi connectivity index (χ1v) is 13.5. The second kappa shape index (κ2) is 9.87. The van der Waals surface area contributed by atoms with Crippen molar-refractivity contribution >= 4 is 53.4 Å². The molecule has 174 valence electrons. The van der Waals surface area contributed by atoms with Crippen molar-refractivity contribution < 1.29 is 21.6 Å². The third-order valence-corrected chi connectivity index (χ3v) is 8.90. The number of carbonyl (C=O) groups is 1. The number of halogens is 1. The van der Waals surface area contributed by atoms with Crippen LogP contribution in [0.3, 0.4) is 0 Å². The molecule has 1 fully saturated rings. The first-order chi connectivity index (χ1) is 15.0. The Morgan fingerprint density at radius 1 is 1.00 bits per heavy atom. The second-order valence-electron chi connectivity index (χ2n) is 7.61. The zero-order chi connectivity index (χ0) is 23.5. The Kier molecular flexibility index (Phi) is 7.61. The van der Waals surface area contributed by atoms with Crippen molar-refractivity contribution in [2.75, 3.05) is 37.2 Å². The molecule has 9 nitrogen and oxygen atoms in total. The smallest absolute Gasteiger partial charge is 0.281 e. The predicted molar refractivity (Wildman–Crippen MR) is 127 cm³/mol. The number of hydrogen-bond acceptors (Lipinski definition) is 5. The van der Waals surface area contributed by atoms with Gasteiger partial charge in [0.25, 0.3) is 20.2 Å². The number of nitrogens with zero attached hydrogens (tertiary/aromatic N) is 2. The van der Waals surface area contributed by atoms with Crippen molar-refractivity contribution in [3.05, 3.63) is 53.0 Å². The van der Waals surface area contributed by atoms with Crippen LogP contribution >= 0.6 is 15.9 Å². The van der Waals surface area contributed by atoms with E-state index in [4.69, 9.17) is 0 Å². The van der Waals surface area contributed by atoms with E-state index < -0.39 is 26.2 Å². The summed E-state index contributed by atoms with van der Waals surface area (Å²) in [7, 11) is -4.44. The van der Waals surface area contributed by atoms with Crippen LogP contribution in [0.5, 0.6) is 0 Å². The molecule has 1 aliphatic heterocycles. The molecule has 0 aliphatic carbocycles. The van der Waals surface area contributed by atoms with Gasteiger partial charge < -0.3 is 5.32 Å². The molecule has 0 spiro atoms. The fraction of sp³-hybridized carbons (Fsp3) is 0.350. The van der Waals surface area contributed by atoms with E-state index in [1.54, 1.807) is 24.3 Å². The van der Waals surface area contributed by atoms with E-state index in [1.165, 1.54) is 42.7 Å². The van der Waals surface area contributed by atoms with Crippen molar-refractivity contribution in [1.82, 2.24) is 8.61 Å². The maximum absolute atomic E-state index is 12.7. The molecular formula is C20H25BrN4O5S2. The summed E-state index contributed by atoms with van der Waals surface area (Å²) in [6.07, 6.45) is 1.17. The highest BCUT2D eigenvalue weighted by Crippen LogP contribution is 2.23. The van der Waals surface area contributed by atoms with Gasteiger partial charge in [-0.15, -0.1) is 0 Å². The zero-order valence-corrected chi connectivity index (χ0v) is 20.9. The summed E-state index contributed by atoms with van der Waals surface area (Å²) >= 11 is 3.30. The molecule has 2 aromatic carbocycles. The second-order valence-corrected chi connectivity index (χ2v) is 12.4. The molecule has 0 unspecified atom stereocenters. The van der Waals surface area contributed by atoms with Crippen molar-refractivity contribution in [2.24, 2.45) is 5.92 Å². The van der Waals surface area contributed by atoms with Crippen LogP contribution in [0.2, 0.25) is 0 Å². The summed E-state index contributed by atoms with van der Waals surface area (Å²) in [5, 5.41) is 2.75. The molecule has 2 N–H and O–H groups in total. The Morgan fingerprint density at radius 3 is 2.19 bits per heavy atom. The first kappa shape index (κ1) is 24.6. The number of nitrogens with one attached hydrogen (secondary N) is 2. The van der Waals surface area contributed by atoms with Gasteiger partial charge in [0, 0.05) is 43.0 Å². The molecule has 0 aromatic heterocycles. The zero-order valence-electron chi connectivity index (χ0n) is 17.7. The molecule has 2 aromatic rings. The van der Waals surface area contributed by atoms with Gasteiger partial charge in [-0.05, 0) is 61.4 Å². The van der Waals surface area contributed by atoms with E-state index in [2.05, 4.69) is 26.0 Å². The quantitative estimate of drug-likeness (QED) is 0.555. The van der Waals surface area contributed by atoms with Gasteiger partial charge in [0.05, 0.1) is 10.8 Å². The SMILES string of the molecule is CN(C)S(=O)(=O)N1CCC[C@H](C(=O)Nc2ccc(S(=O)(=O)Nc3ccc(Br)cc3)cc2)C1. The summed E-state index contributed by atoms with van der Waals surface area (Å²) in [5.74, 6) is -0.784. The average Bonchev–Trinajstić information content (AvgIpc) is 2.75. The number of rotatable bonds is 7. The average molecular weight is 545 g/mol. The van der Waals surface area contributed by atoms with Crippen LogP contribution in [0.15, 0.2) is 57.9 Å². The first-order valence-electron chi connectivity index (χ1n) is 9.86. The normalized spacial score (nSPS) is 17.8. The van der Waals surface area contributed by atoms with E-state index in [1.807, 2.05) is 0 Å². The van der Waals surface area contributed by atoms with Gasteiger partial charge in [0.15, 0.2) is 0 Å².